The van der Waals surface area contributed by atoms with E-state index < -0.39 is 0 Å². The van der Waals surface area contributed by atoms with Gasteiger partial charge in [-0.2, -0.15) is 0 Å². The van der Waals surface area contributed by atoms with Crippen LogP contribution in [0.2, 0.25) is 0 Å². The van der Waals surface area contributed by atoms with Crippen molar-refractivity contribution in [2.45, 2.75) is 63.4 Å². The molecular weight excluding hydrogens is 260 g/mol. The van der Waals surface area contributed by atoms with Gasteiger partial charge in [-0.3, -0.25) is 0 Å². The third-order valence-corrected chi connectivity index (χ3v) is 5.30. The SMILES string of the molecule is O[C@@H](CC1CCCCC1)c1c(C2CC2)ccn2cncc12. The normalized spacial score (nSPS) is 21.8. The lowest BCUT2D eigenvalue weighted by atomic mass is 9.83. The van der Waals surface area contributed by atoms with Gasteiger partial charge in [-0.1, -0.05) is 32.1 Å². The number of aromatic nitrogens is 2. The van der Waals surface area contributed by atoms with Crippen molar-refractivity contribution in [3.63, 3.8) is 0 Å². The highest BCUT2D eigenvalue weighted by molar-refractivity contribution is 5.59. The summed E-state index contributed by atoms with van der Waals surface area (Å²) in [6.45, 7) is 0. The fraction of sp³-hybridized carbons (Fsp3) is 0.611. The van der Waals surface area contributed by atoms with Gasteiger partial charge in [-0.25, -0.2) is 4.98 Å². The summed E-state index contributed by atoms with van der Waals surface area (Å²) in [5.74, 6) is 1.37. The van der Waals surface area contributed by atoms with Gasteiger partial charge in [-0.05, 0) is 42.7 Å². The molecule has 0 amide bonds. The Labute approximate surface area is 126 Å². The Morgan fingerprint density at radius 2 is 2.00 bits per heavy atom. The number of aliphatic hydroxyl groups excluding tert-OH is 1. The van der Waals surface area contributed by atoms with Crippen molar-refractivity contribution in [1.29, 1.82) is 0 Å². The van der Waals surface area contributed by atoms with Gasteiger partial charge >= 0.3 is 0 Å². The van der Waals surface area contributed by atoms with Gasteiger partial charge in [0.05, 0.1) is 24.1 Å². The summed E-state index contributed by atoms with van der Waals surface area (Å²) in [5, 5.41) is 10.9. The van der Waals surface area contributed by atoms with Crippen LogP contribution in [-0.4, -0.2) is 14.5 Å². The Balaban J connectivity index is 1.66. The van der Waals surface area contributed by atoms with E-state index in [0.29, 0.717) is 11.8 Å². The zero-order valence-electron chi connectivity index (χ0n) is 12.5. The molecule has 0 spiro atoms. The zero-order chi connectivity index (χ0) is 14.2. The average molecular weight is 284 g/mol. The second kappa shape index (κ2) is 5.45. The molecule has 2 aliphatic carbocycles. The van der Waals surface area contributed by atoms with Crippen LogP contribution in [0.25, 0.3) is 5.52 Å². The molecule has 2 heterocycles. The highest BCUT2D eigenvalue weighted by atomic mass is 16.3. The van der Waals surface area contributed by atoms with Crippen molar-refractivity contribution in [3.8, 4) is 0 Å². The Bertz CT molecular complexity index is 623. The maximum atomic E-state index is 10.9. The summed E-state index contributed by atoms with van der Waals surface area (Å²) in [7, 11) is 0. The molecule has 2 fully saturated rings. The molecule has 3 heteroatoms. The van der Waals surface area contributed by atoms with E-state index in [2.05, 4.69) is 17.2 Å². The molecule has 21 heavy (non-hydrogen) atoms. The van der Waals surface area contributed by atoms with Crippen molar-refractivity contribution in [2.75, 3.05) is 0 Å². The Morgan fingerprint density at radius 1 is 1.19 bits per heavy atom. The van der Waals surface area contributed by atoms with Crippen LogP contribution >= 0.6 is 0 Å². The second-order valence-corrected chi connectivity index (χ2v) is 6.90. The molecule has 2 aromatic heterocycles. The quantitative estimate of drug-likeness (QED) is 0.913. The van der Waals surface area contributed by atoms with Crippen LogP contribution in [-0.2, 0) is 0 Å². The van der Waals surface area contributed by atoms with Crippen LogP contribution in [0.4, 0.5) is 0 Å². The maximum absolute atomic E-state index is 10.9. The summed E-state index contributed by atoms with van der Waals surface area (Å²) in [6, 6.07) is 2.20. The van der Waals surface area contributed by atoms with E-state index in [1.807, 2.05) is 16.9 Å². The molecule has 0 aliphatic heterocycles. The number of pyridine rings is 1. The first-order valence-electron chi connectivity index (χ1n) is 8.45. The monoisotopic (exact) mass is 284 g/mol. The average Bonchev–Trinajstić information content (AvgIpc) is 3.24. The maximum Gasteiger partial charge on any atom is 0.0992 e. The van der Waals surface area contributed by atoms with Crippen LogP contribution in [0.5, 0.6) is 0 Å². The van der Waals surface area contributed by atoms with E-state index in [4.69, 9.17) is 0 Å². The summed E-state index contributed by atoms with van der Waals surface area (Å²) in [6.07, 6.45) is 15.6. The summed E-state index contributed by atoms with van der Waals surface area (Å²) >= 11 is 0. The van der Waals surface area contributed by atoms with Crippen molar-refractivity contribution < 1.29 is 5.11 Å². The van der Waals surface area contributed by atoms with E-state index in [-0.39, 0.29) is 6.10 Å². The van der Waals surface area contributed by atoms with E-state index in [1.165, 1.54) is 50.5 Å². The van der Waals surface area contributed by atoms with Gasteiger partial charge < -0.3 is 9.51 Å². The molecule has 0 radical (unpaired) electrons. The van der Waals surface area contributed by atoms with Crippen molar-refractivity contribution in [1.82, 2.24) is 9.38 Å². The summed E-state index contributed by atoms with van der Waals surface area (Å²) in [4.78, 5) is 4.26. The topological polar surface area (TPSA) is 37.5 Å². The molecule has 2 aromatic rings. The predicted molar refractivity (Wildman–Crippen MR) is 83.3 cm³/mol. The Kier molecular flexibility index (Phi) is 3.46. The minimum atomic E-state index is -0.330. The Hall–Kier alpha value is -1.35. The number of nitrogens with zero attached hydrogens (tertiary/aromatic N) is 2. The van der Waals surface area contributed by atoms with Gasteiger partial charge in [0.15, 0.2) is 0 Å². The molecule has 112 valence electrons. The van der Waals surface area contributed by atoms with E-state index >= 15 is 0 Å². The van der Waals surface area contributed by atoms with Crippen molar-refractivity contribution >= 4 is 5.52 Å². The first kappa shape index (κ1) is 13.3. The smallest absolute Gasteiger partial charge is 0.0992 e. The van der Waals surface area contributed by atoms with Crippen LogP contribution in [0, 0.1) is 5.92 Å². The number of hydrogen-bond donors (Lipinski definition) is 1. The van der Waals surface area contributed by atoms with Gasteiger partial charge in [0.1, 0.15) is 0 Å². The fourth-order valence-corrected chi connectivity index (χ4v) is 4.00. The predicted octanol–water partition coefficient (Wildman–Crippen LogP) is 4.22. The molecule has 2 saturated carbocycles. The molecule has 0 unspecified atom stereocenters. The first-order valence-corrected chi connectivity index (χ1v) is 8.45. The van der Waals surface area contributed by atoms with Gasteiger partial charge in [0.2, 0.25) is 0 Å². The number of hydrogen-bond acceptors (Lipinski definition) is 2. The second-order valence-electron chi connectivity index (χ2n) is 6.90. The van der Waals surface area contributed by atoms with Crippen molar-refractivity contribution in [2.24, 2.45) is 5.92 Å². The van der Waals surface area contributed by atoms with E-state index in [0.717, 1.165) is 17.5 Å². The summed E-state index contributed by atoms with van der Waals surface area (Å²) in [5.41, 5.74) is 3.62. The summed E-state index contributed by atoms with van der Waals surface area (Å²) < 4.78 is 2.05. The molecule has 1 N–H and O–H groups in total. The van der Waals surface area contributed by atoms with Crippen LogP contribution in [0.1, 0.15) is 74.5 Å². The molecule has 0 saturated heterocycles. The minimum absolute atomic E-state index is 0.330. The lowest BCUT2D eigenvalue weighted by Crippen LogP contribution is -2.13. The molecule has 0 bridgehead atoms. The van der Waals surface area contributed by atoms with Gasteiger partial charge in [0.25, 0.3) is 0 Å². The first-order chi connectivity index (χ1) is 10.3. The van der Waals surface area contributed by atoms with Crippen LogP contribution in [0.3, 0.4) is 0 Å². The van der Waals surface area contributed by atoms with Crippen LogP contribution < -0.4 is 0 Å². The highest BCUT2D eigenvalue weighted by Gasteiger charge is 2.30. The highest BCUT2D eigenvalue weighted by Crippen LogP contribution is 2.45. The number of fused-ring (bicyclic) bond motifs is 1. The molecule has 2 aliphatic rings. The zero-order valence-corrected chi connectivity index (χ0v) is 12.5. The van der Waals surface area contributed by atoms with Gasteiger partial charge in [-0.15, -0.1) is 0 Å². The number of imidazole rings is 1. The standard InChI is InChI=1S/C18H24N2O/c21-17(10-13-4-2-1-3-5-13)18-15(14-6-7-14)8-9-20-12-19-11-16(18)20/h8-9,11-14,17,21H,1-7,10H2/t17-/m0/s1. The van der Waals surface area contributed by atoms with Crippen LogP contribution in [0.15, 0.2) is 24.8 Å². The molecule has 3 nitrogen and oxygen atoms in total. The third-order valence-electron chi connectivity index (χ3n) is 5.30. The lowest BCUT2D eigenvalue weighted by molar-refractivity contribution is 0.131. The largest absolute Gasteiger partial charge is 0.388 e. The minimum Gasteiger partial charge on any atom is -0.388 e. The number of rotatable bonds is 4. The molecule has 1 atom stereocenters. The lowest BCUT2D eigenvalue weighted by Gasteiger charge is -2.25. The molecular formula is C18H24N2O. The van der Waals surface area contributed by atoms with Gasteiger partial charge in [0, 0.05) is 11.8 Å². The third kappa shape index (κ3) is 2.59. The van der Waals surface area contributed by atoms with Crippen molar-refractivity contribution in [3.05, 3.63) is 35.9 Å². The van der Waals surface area contributed by atoms with E-state index in [9.17, 15) is 5.11 Å². The fourth-order valence-electron chi connectivity index (χ4n) is 4.00. The molecule has 0 aromatic carbocycles. The number of aliphatic hydroxyl groups is 1. The molecule has 4 rings (SSSR count). The Morgan fingerprint density at radius 3 is 2.76 bits per heavy atom. The van der Waals surface area contributed by atoms with E-state index in [1.54, 1.807) is 0 Å².